The molecule has 0 fully saturated rings. The Hall–Kier alpha value is -3.92. The SMILES string of the molecule is CCc1ccc(OC(C)C(=O)c2c(C)c(C#N)c(=O)n(Cc3cccnc3)c2O)cc1. The molecule has 0 aliphatic heterocycles. The van der Waals surface area contributed by atoms with E-state index >= 15 is 0 Å². The lowest BCUT2D eigenvalue weighted by molar-refractivity contribution is 0.0812. The number of carbonyl (C=O) groups excluding carboxylic acids is 1. The lowest BCUT2D eigenvalue weighted by atomic mass is 9.99. The molecule has 7 nitrogen and oxygen atoms in total. The molecule has 3 aromatic rings. The Morgan fingerprint density at radius 1 is 1.26 bits per heavy atom. The average molecular weight is 417 g/mol. The van der Waals surface area contributed by atoms with Crippen LogP contribution < -0.4 is 10.3 Å². The molecule has 158 valence electrons. The van der Waals surface area contributed by atoms with Crippen LogP contribution in [0.25, 0.3) is 0 Å². The molecule has 2 aromatic heterocycles. The van der Waals surface area contributed by atoms with Crippen LogP contribution in [0.3, 0.4) is 0 Å². The van der Waals surface area contributed by atoms with Crippen molar-refractivity contribution in [3.63, 3.8) is 0 Å². The summed E-state index contributed by atoms with van der Waals surface area (Å²) < 4.78 is 6.77. The third-order valence-electron chi connectivity index (χ3n) is 5.12. The first-order valence-corrected chi connectivity index (χ1v) is 9.92. The normalized spacial score (nSPS) is 11.5. The number of Topliss-reactive ketones (excluding diaryl/α,β-unsaturated/α-hetero) is 1. The lowest BCUT2D eigenvalue weighted by Gasteiger charge is -2.19. The monoisotopic (exact) mass is 417 g/mol. The van der Waals surface area contributed by atoms with Crippen LogP contribution >= 0.6 is 0 Å². The maximum absolute atomic E-state index is 13.2. The summed E-state index contributed by atoms with van der Waals surface area (Å²) in [5.74, 6) is -0.502. The van der Waals surface area contributed by atoms with Crippen LogP contribution in [-0.4, -0.2) is 26.5 Å². The second-order valence-corrected chi connectivity index (χ2v) is 7.18. The molecule has 1 unspecified atom stereocenters. The van der Waals surface area contributed by atoms with Crippen LogP contribution in [0.5, 0.6) is 11.6 Å². The van der Waals surface area contributed by atoms with Gasteiger partial charge in [-0.25, -0.2) is 0 Å². The third-order valence-corrected chi connectivity index (χ3v) is 5.12. The van der Waals surface area contributed by atoms with Crippen LogP contribution in [0.2, 0.25) is 0 Å². The number of aromatic hydroxyl groups is 1. The van der Waals surface area contributed by atoms with Gasteiger partial charge in [-0.2, -0.15) is 5.26 Å². The topological polar surface area (TPSA) is 105 Å². The van der Waals surface area contributed by atoms with E-state index < -0.39 is 23.3 Å². The number of aryl methyl sites for hydroxylation is 1. The van der Waals surface area contributed by atoms with Crippen molar-refractivity contribution in [3.05, 3.63) is 87.0 Å². The number of aromatic nitrogens is 2. The fraction of sp³-hybridized carbons (Fsp3) is 0.250. The highest BCUT2D eigenvalue weighted by Crippen LogP contribution is 2.25. The molecule has 0 saturated carbocycles. The van der Waals surface area contributed by atoms with E-state index in [1.807, 2.05) is 25.1 Å². The van der Waals surface area contributed by atoms with Crippen LogP contribution in [0, 0.1) is 18.3 Å². The zero-order valence-electron chi connectivity index (χ0n) is 17.6. The lowest BCUT2D eigenvalue weighted by Crippen LogP contribution is -2.31. The van der Waals surface area contributed by atoms with Crippen LogP contribution in [0.15, 0.2) is 53.6 Å². The maximum Gasteiger partial charge on any atom is 0.271 e. The Morgan fingerprint density at radius 2 is 1.97 bits per heavy atom. The fourth-order valence-electron chi connectivity index (χ4n) is 3.33. The molecule has 31 heavy (non-hydrogen) atoms. The van der Waals surface area contributed by atoms with Crippen molar-refractivity contribution in [2.75, 3.05) is 0 Å². The Kier molecular flexibility index (Phi) is 6.51. The van der Waals surface area contributed by atoms with Gasteiger partial charge in [0.2, 0.25) is 11.7 Å². The van der Waals surface area contributed by atoms with E-state index in [-0.39, 0.29) is 23.2 Å². The molecule has 0 bridgehead atoms. The van der Waals surface area contributed by atoms with Crippen LogP contribution in [0.4, 0.5) is 0 Å². The van der Waals surface area contributed by atoms with Gasteiger partial charge in [0.05, 0.1) is 12.1 Å². The van der Waals surface area contributed by atoms with Gasteiger partial charge < -0.3 is 9.84 Å². The Bertz CT molecular complexity index is 1190. The zero-order valence-corrected chi connectivity index (χ0v) is 17.6. The van der Waals surface area contributed by atoms with Crippen molar-refractivity contribution in [1.29, 1.82) is 5.26 Å². The first-order valence-electron chi connectivity index (χ1n) is 9.92. The van der Waals surface area contributed by atoms with Crippen molar-refractivity contribution in [1.82, 2.24) is 9.55 Å². The molecule has 3 rings (SSSR count). The number of carbonyl (C=O) groups is 1. The highest BCUT2D eigenvalue weighted by Gasteiger charge is 2.28. The summed E-state index contributed by atoms with van der Waals surface area (Å²) in [7, 11) is 0. The molecule has 0 aliphatic carbocycles. The summed E-state index contributed by atoms with van der Waals surface area (Å²) >= 11 is 0. The molecule has 1 atom stereocenters. The number of pyridine rings is 2. The van der Waals surface area contributed by atoms with Crippen molar-refractivity contribution in [2.45, 2.75) is 39.8 Å². The largest absolute Gasteiger partial charge is 0.494 e. The average Bonchev–Trinajstić information content (AvgIpc) is 2.78. The predicted octanol–water partition coefficient (Wildman–Crippen LogP) is 3.39. The van der Waals surface area contributed by atoms with Crippen LogP contribution in [0.1, 0.15) is 46.5 Å². The summed E-state index contributed by atoms with van der Waals surface area (Å²) in [4.78, 5) is 29.9. The summed E-state index contributed by atoms with van der Waals surface area (Å²) in [6.07, 6.45) is 3.08. The molecule has 7 heteroatoms. The number of benzene rings is 1. The highest BCUT2D eigenvalue weighted by molar-refractivity contribution is 6.03. The van der Waals surface area contributed by atoms with Crippen molar-refractivity contribution in [2.24, 2.45) is 0 Å². The van der Waals surface area contributed by atoms with E-state index in [2.05, 4.69) is 4.98 Å². The van der Waals surface area contributed by atoms with E-state index in [9.17, 15) is 20.0 Å². The van der Waals surface area contributed by atoms with Gasteiger partial charge in [0.1, 0.15) is 17.4 Å². The van der Waals surface area contributed by atoms with Gasteiger partial charge in [-0.05, 0) is 55.2 Å². The van der Waals surface area contributed by atoms with Crippen molar-refractivity contribution < 1.29 is 14.6 Å². The predicted molar refractivity (Wildman–Crippen MR) is 115 cm³/mol. The smallest absolute Gasteiger partial charge is 0.271 e. The second kappa shape index (κ2) is 9.26. The number of ketones is 1. The standard InChI is InChI=1S/C24H23N3O4/c1-4-17-7-9-19(10-8-17)31-16(3)22(28)21-15(2)20(12-25)23(29)27(24(21)30)14-18-6-5-11-26-13-18/h5-11,13,16,30H,4,14H2,1-3H3. The number of ether oxygens (including phenoxy) is 1. The minimum atomic E-state index is -0.937. The molecule has 0 saturated heterocycles. The number of hydrogen-bond donors (Lipinski definition) is 1. The van der Waals surface area contributed by atoms with E-state index in [0.29, 0.717) is 11.3 Å². The van der Waals surface area contributed by atoms with Crippen molar-refractivity contribution in [3.8, 4) is 17.7 Å². The minimum absolute atomic E-state index is 0.0263. The Labute approximate surface area is 180 Å². The van der Waals surface area contributed by atoms with E-state index in [1.54, 1.807) is 43.6 Å². The molecule has 0 radical (unpaired) electrons. The van der Waals surface area contributed by atoms with E-state index in [4.69, 9.17) is 4.74 Å². The molecule has 0 amide bonds. The van der Waals surface area contributed by atoms with E-state index in [1.165, 1.54) is 6.92 Å². The third kappa shape index (κ3) is 4.48. The summed E-state index contributed by atoms with van der Waals surface area (Å²) in [6.45, 7) is 5.06. The number of nitriles is 1. The van der Waals surface area contributed by atoms with Gasteiger partial charge in [0, 0.05) is 12.4 Å². The molecule has 2 heterocycles. The fourth-order valence-corrected chi connectivity index (χ4v) is 3.33. The van der Waals surface area contributed by atoms with Gasteiger partial charge in [-0.1, -0.05) is 25.1 Å². The summed E-state index contributed by atoms with van der Waals surface area (Å²) in [5, 5.41) is 20.4. The number of rotatable bonds is 7. The summed E-state index contributed by atoms with van der Waals surface area (Å²) in [6, 6.07) is 12.7. The highest BCUT2D eigenvalue weighted by atomic mass is 16.5. The van der Waals surface area contributed by atoms with Gasteiger partial charge in [-0.15, -0.1) is 0 Å². The maximum atomic E-state index is 13.2. The van der Waals surface area contributed by atoms with Gasteiger partial charge in [0.25, 0.3) is 5.56 Å². The molecule has 0 aliphatic rings. The number of nitrogens with zero attached hydrogens (tertiary/aromatic N) is 3. The number of hydrogen-bond acceptors (Lipinski definition) is 6. The molecule has 1 aromatic carbocycles. The molecule has 0 spiro atoms. The summed E-state index contributed by atoms with van der Waals surface area (Å²) in [5.41, 5.74) is 0.963. The van der Waals surface area contributed by atoms with Crippen molar-refractivity contribution >= 4 is 5.78 Å². The first kappa shape index (κ1) is 21.8. The van der Waals surface area contributed by atoms with Gasteiger partial charge >= 0.3 is 0 Å². The van der Waals surface area contributed by atoms with Gasteiger partial charge in [-0.3, -0.25) is 19.1 Å². The van der Waals surface area contributed by atoms with Gasteiger partial charge in [0.15, 0.2) is 6.10 Å². The first-order chi connectivity index (χ1) is 14.9. The Morgan fingerprint density at radius 3 is 2.55 bits per heavy atom. The zero-order chi connectivity index (χ0) is 22.5. The quantitative estimate of drug-likeness (QED) is 0.591. The minimum Gasteiger partial charge on any atom is -0.494 e. The molecule has 1 N–H and O–H groups in total. The molecular weight excluding hydrogens is 394 g/mol. The van der Waals surface area contributed by atoms with E-state index in [0.717, 1.165) is 16.6 Å². The van der Waals surface area contributed by atoms with Crippen LogP contribution in [-0.2, 0) is 13.0 Å². The molecular formula is C24H23N3O4. The Balaban J connectivity index is 2.00. The second-order valence-electron chi connectivity index (χ2n) is 7.18.